The molecule has 16 heavy (non-hydrogen) atoms. The normalized spacial score (nSPS) is 12.5. The molecule has 0 aromatic carbocycles. The van der Waals surface area contributed by atoms with Crippen LogP contribution >= 0.6 is 0 Å². The quantitative estimate of drug-likeness (QED) is 0.741. The molecule has 0 aliphatic carbocycles. The van der Waals surface area contributed by atoms with Gasteiger partial charge in [-0.2, -0.15) is 4.98 Å². The molecule has 0 fully saturated rings. The lowest BCUT2D eigenvalue weighted by Crippen LogP contribution is -2.23. The highest BCUT2D eigenvalue weighted by Crippen LogP contribution is 2.18. The minimum Gasteiger partial charge on any atom is -0.339 e. The van der Waals surface area contributed by atoms with Crippen molar-refractivity contribution in [1.82, 2.24) is 10.1 Å². The van der Waals surface area contributed by atoms with Crippen molar-refractivity contribution in [3.63, 3.8) is 0 Å². The maximum Gasteiger partial charge on any atom is 0.266 e. The maximum absolute atomic E-state index is 11.5. The van der Waals surface area contributed by atoms with Crippen molar-refractivity contribution in [2.45, 2.75) is 40.0 Å². The van der Waals surface area contributed by atoms with Gasteiger partial charge in [-0.25, -0.2) is 0 Å². The Morgan fingerprint density at radius 2 is 2.00 bits per heavy atom. The maximum atomic E-state index is 11.5. The summed E-state index contributed by atoms with van der Waals surface area (Å²) in [4.78, 5) is 17.7. The Labute approximate surface area is 95.8 Å². The van der Waals surface area contributed by atoms with Crippen LogP contribution in [0, 0.1) is 0 Å². The number of carbonyl (C=O) groups excluding carboxylic acids is 1. The molecule has 0 N–H and O–H groups in total. The van der Waals surface area contributed by atoms with Crippen molar-refractivity contribution in [2.75, 3.05) is 18.0 Å². The summed E-state index contributed by atoms with van der Waals surface area (Å²) in [6, 6.07) is 0. The van der Waals surface area contributed by atoms with Crippen molar-refractivity contribution in [3.8, 4) is 0 Å². The molecule has 0 aliphatic heterocycles. The Morgan fingerprint density at radius 1 is 1.38 bits per heavy atom. The first-order valence-corrected chi connectivity index (χ1v) is 5.75. The standard InChI is InChI=1S/C11H19N3O2/c1-5-9(15)8(4)10-12-11(13-16-10)14(6-2)7-3/h8H,5-7H2,1-4H3. The molecular weight excluding hydrogens is 206 g/mol. The van der Waals surface area contributed by atoms with Crippen LogP contribution in [0.1, 0.15) is 45.9 Å². The first-order chi connectivity index (χ1) is 7.63. The van der Waals surface area contributed by atoms with Crippen molar-refractivity contribution in [2.24, 2.45) is 0 Å². The lowest BCUT2D eigenvalue weighted by Gasteiger charge is -2.14. The molecule has 0 spiro atoms. The van der Waals surface area contributed by atoms with Gasteiger partial charge in [-0.1, -0.05) is 6.92 Å². The molecule has 1 heterocycles. The molecule has 0 bridgehead atoms. The zero-order valence-electron chi connectivity index (χ0n) is 10.4. The number of rotatable bonds is 6. The summed E-state index contributed by atoms with van der Waals surface area (Å²) in [6.07, 6.45) is 0.490. The Kier molecular flexibility index (Phi) is 4.46. The van der Waals surface area contributed by atoms with E-state index in [9.17, 15) is 4.79 Å². The van der Waals surface area contributed by atoms with Crippen LogP contribution in [-0.2, 0) is 4.79 Å². The van der Waals surface area contributed by atoms with Gasteiger partial charge in [-0.05, 0) is 25.9 Å². The second-order valence-corrected chi connectivity index (χ2v) is 3.65. The second kappa shape index (κ2) is 5.63. The fourth-order valence-electron chi connectivity index (χ4n) is 1.48. The molecule has 0 amide bonds. The number of hydrogen-bond acceptors (Lipinski definition) is 5. The molecule has 0 radical (unpaired) electrons. The summed E-state index contributed by atoms with van der Waals surface area (Å²) >= 11 is 0. The van der Waals surface area contributed by atoms with Crippen LogP contribution in [0.15, 0.2) is 4.52 Å². The second-order valence-electron chi connectivity index (χ2n) is 3.65. The Balaban J connectivity index is 2.81. The highest BCUT2D eigenvalue weighted by Gasteiger charge is 2.21. The highest BCUT2D eigenvalue weighted by atomic mass is 16.5. The first-order valence-electron chi connectivity index (χ1n) is 5.75. The Bertz CT molecular complexity index is 345. The van der Waals surface area contributed by atoms with Crippen molar-refractivity contribution >= 4 is 11.7 Å². The van der Waals surface area contributed by atoms with Crippen LogP contribution in [0.25, 0.3) is 0 Å². The highest BCUT2D eigenvalue weighted by molar-refractivity contribution is 5.84. The van der Waals surface area contributed by atoms with Gasteiger partial charge >= 0.3 is 0 Å². The van der Waals surface area contributed by atoms with Crippen molar-refractivity contribution in [1.29, 1.82) is 0 Å². The molecule has 0 saturated heterocycles. The summed E-state index contributed by atoms with van der Waals surface area (Å²) in [5.74, 6) is 0.793. The van der Waals surface area contributed by atoms with Crippen LogP contribution in [0.5, 0.6) is 0 Å². The van der Waals surface area contributed by atoms with Gasteiger partial charge < -0.3 is 9.42 Å². The molecule has 1 aromatic rings. The smallest absolute Gasteiger partial charge is 0.266 e. The zero-order valence-corrected chi connectivity index (χ0v) is 10.4. The molecule has 1 atom stereocenters. The third-order valence-electron chi connectivity index (χ3n) is 2.68. The SMILES string of the molecule is CCC(=O)C(C)c1nc(N(CC)CC)no1. The van der Waals surface area contributed by atoms with E-state index in [0.29, 0.717) is 18.3 Å². The minimum atomic E-state index is -0.304. The van der Waals surface area contributed by atoms with Gasteiger partial charge in [0.25, 0.3) is 5.95 Å². The summed E-state index contributed by atoms with van der Waals surface area (Å²) in [5.41, 5.74) is 0. The van der Waals surface area contributed by atoms with E-state index < -0.39 is 0 Å². The third kappa shape index (κ3) is 2.59. The van der Waals surface area contributed by atoms with E-state index in [1.54, 1.807) is 6.92 Å². The molecule has 1 unspecified atom stereocenters. The van der Waals surface area contributed by atoms with Gasteiger partial charge in [0.1, 0.15) is 5.78 Å². The average Bonchev–Trinajstić information content (AvgIpc) is 2.78. The van der Waals surface area contributed by atoms with Gasteiger partial charge in [-0.3, -0.25) is 4.79 Å². The van der Waals surface area contributed by atoms with Crippen LogP contribution in [0.2, 0.25) is 0 Å². The molecule has 0 saturated carbocycles. The predicted octanol–water partition coefficient (Wildman–Crippen LogP) is 2.00. The number of Topliss-reactive ketones (excluding diaryl/α,β-unsaturated/α-hetero) is 1. The van der Waals surface area contributed by atoms with E-state index in [0.717, 1.165) is 13.1 Å². The largest absolute Gasteiger partial charge is 0.339 e. The number of hydrogen-bond donors (Lipinski definition) is 0. The number of carbonyl (C=O) groups is 1. The summed E-state index contributed by atoms with van der Waals surface area (Å²) in [7, 11) is 0. The molecule has 1 rings (SSSR count). The van der Waals surface area contributed by atoms with Gasteiger partial charge in [0, 0.05) is 19.5 Å². The first kappa shape index (κ1) is 12.7. The zero-order chi connectivity index (χ0) is 12.1. The van der Waals surface area contributed by atoms with Crippen molar-refractivity contribution < 1.29 is 9.32 Å². The number of nitrogens with zero attached hydrogens (tertiary/aromatic N) is 3. The average molecular weight is 225 g/mol. The van der Waals surface area contributed by atoms with Crippen LogP contribution in [0.3, 0.4) is 0 Å². The Morgan fingerprint density at radius 3 is 2.50 bits per heavy atom. The summed E-state index contributed by atoms with van der Waals surface area (Å²) in [5, 5.41) is 3.88. The van der Waals surface area contributed by atoms with Gasteiger partial charge in [-0.15, -0.1) is 0 Å². The monoisotopic (exact) mass is 225 g/mol. The Hall–Kier alpha value is -1.39. The lowest BCUT2D eigenvalue weighted by molar-refractivity contribution is -0.120. The number of ketones is 1. The van der Waals surface area contributed by atoms with Crippen LogP contribution < -0.4 is 4.90 Å². The third-order valence-corrected chi connectivity index (χ3v) is 2.68. The van der Waals surface area contributed by atoms with Gasteiger partial charge in [0.15, 0.2) is 0 Å². The molecule has 0 aliphatic rings. The topological polar surface area (TPSA) is 59.2 Å². The summed E-state index contributed by atoms with van der Waals surface area (Å²) in [6.45, 7) is 9.34. The minimum absolute atomic E-state index is 0.120. The fraction of sp³-hybridized carbons (Fsp3) is 0.727. The van der Waals surface area contributed by atoms with E-state index >= 15 is 0 Å². The molecule has 1 aromatic heterocycles. The fourth-order valence-corrected chi connectivity index (χ4v) is 1.48. The van der Waals surface area contributed by atoms with Crippen molar-refractivity contribution in [3.05, 3.63) is 5.89 Å². The van der Waals surface area contributed by atoms with E-state index in [1.165, 1.54) is 0 Å². The number of anilines is 1. The summed E-state index contributed by atoms with van der Waals surface area (Å²) < 4.78 is 5.11. The predicted molar refractivity (Wildman–Crippen MR) is 61.6 cm³/mol. The molecule has 5 heteroatoms. The van der Waals surface area contributed by atoms with Crippen LogP contribution in [-0.4, -0.2) is 29.0 Å². The van der Waals surface area contributed by atoms with E-state index in [2.05, 4.69) is 10.1 Å². The lowest BCUT2D eigenvalue weighted by atomic mass is 10.1. The number of aromatic nitrogens is 2. The molecule has 90 valence electrons. The van der Waals surface area contributed by atoms with E-state index in [4.69, 9.17) is 4.52 Å². The molecular formula is C11H19N3O2. The molecule has 5 nitrogen and oxygen atoms in total. The van der Waals surface area contributed by atoms with E-state index in [-0.39, 0.29) is 11.7 Å². The van der Waals surface area contributed by atoms with Crippen LogP contribution in [0.4, 0.5) is 5.95 Å². The van der Waals surface area contributed by atoms with Gasteiger partial charge in [0.2, 0.25) is 5.89 Å². The van der Waals surface area contributed by atoms with E-state index in [1.807, 2.05) is 25.7 Å². The van der Waals surface area contributed by atoms with Gasteiger partial charge in [0.05, 0.1) is 5.92 Å².